The molecule has 0 unspecified atom stereocenters. The van der Waals surface area contributed by atoms with Gasteiger partial charge < -0.3 is 10.1 Å². The molecule has 0 aliphatic heterocycles. The van der Waals surface area contributed by atoms with Gasteiger partial charge in [0.1, 0.15) is 16.8 Å². The SMILES string of the molecule is COc1ccccc1Nc1cc2c(c3nsnc13)C(=O)c1ccccc1C2=O. The van der Waals surface area contributed by atoms with Crippen molar-refractivity contribution in [2.75, 3.05) is 12.4 Å². The summed E-state index contributed by atoms with van der Waals surface area (Å²) in [6.45, 7) is 0. The Hall–Kier alpha value is -3.58. The van der Waals surface area contributed by atoms with E-state index >= 15 is 0 Å². The summed E-state index contributed by atoms with van der Waals surface area (Å²) in [4.78, 5) is 26.2. The van der Waals surface area contributed by atoms with E-state index in [9.17, 15) is 9.59 Å². The maximum atomic E-state index is 13.1. The number of hydrogen-bond acceptors (Lipinski definition) is 7. The summed E-state index contributed by atoms with van der Waals surface area (Å²) in [6, 6.07) is 16.0. The van der Waals surface area contributed by atoms with Crippen molar-refractivity contribution in [2.24, 2.45) is 0 Å². The molecule has 0 atom stereocenters. The molecular weight excluding hydrogens is 374 g/mol. The van der Waals surface area contributed by atoms with Crippen molar-refractivity contribution in [3.8, 4) is 5.75 Å². The summed E-state index contributed by atoms with van der Waals surface area (Å²) in [5, 5.41) is 3.28. The highest BCUT2D eigenvalue weighted by molar-refractivity contribution is 7.00. The van der Waals surface area contributed by atoms with Gasteiger partial charge in [0.05, 0.1) is 35.8 Å². The van der Waals surface area contributed by atoms with Crippen molar-refractivity contribution >= 4 is 45.7 Å². The van der Waals surface area contributed by atoms with Crippen molar-refractivity contribution < 1.29 is 14.3 Å². The molecule has 1 aromatic heterocycles. The van der Waals surface area contributed by atoms with Gasteiger partial charge in [0.15, 0.2) is 11.6 Å². The molecule has 4 aromatic rings. The van der Waals surface area contributed by atoms with Gasteiger partial charge in [-0.3, -0.25) is 9.59 Å². The molecular formula is C21H13N3O3S. The first-order valence-corrected chi connectivity index (χ1v) is 9.30. The molecule has 0 saturated carbocycles. The summed E-state index contributed by atoms with van der Waals surface area (Å²) < 4.78 is 14.1. The van der Waals surface area contributed by atoms with Gasteiger partial charge in [0.2, 0.25) is 0 Å². The normalized spacial score (nSPS) is 12.6. The van der Waals surface area contributed by atoms with Crippen LogP contribution in [0.5, 0.6) is 5.75 Å². The Morgan fingerprint density at radius 1 is 0.821 bits per heavy atom. The molecule has 0 bridgehead atoms. The summed E-state index contributed by atoms with van der Waals surface area (Å²) in [5.74, 6) is 0.263. The topological polar surface area (TPSA) is 81.2 Å². The van der Waals surface area contributed by atoms with Gasteiger partial charge in [-0.05, 0) is 18.2 Å². The number of fused-ring (bicyclic) bond motifs is 4. The van der Waals surface area contributed by atoms with E-state index in [2.05, 4.69) is 14.1 Å². The lowest BCUT2D eigenvalue weighted by atomic mass is 9.83. The molecule has 7 heteroatoms. The summed E-state index contributed by atoms with van der Waals surface area (Å²) >= 11 is 1.01. The van der Waals surface area contributed by atoms with E-state index in [1.807, 2.05) is 24.3 Å². The first-order chi connectivity index (χ1) is 13.7. The Morgan fingerprint density at radius 3 is 2.29 bits per heavy atom. The first-order valence-electron chi connectivity index (χ1n) is 8.57. The Bertz CT molecular complexity index is 1280. The number of nitrogens with one attached hydrogen (secondary N) is 1. The second-order valence-corrected chi connectivity index (χ2v) is 6.87. The number of nitrogens with zero attached hydrogens (tertiary/aromatic N) is 2. The fourth-order valence-corrected chi connectivity index (χ4v) is 4.06. The standard InChI is InChI=1S/C21H13N3O3S/c1-27-16-9-5-4-8-14(16)22-15-10-13-17(19-18(15)23-28-24-19)21(26)12-7-3-2-6-11(12)20(13)25/h2-10,22H,1H3. The zero-order valence-corrected chi connectivity index (χ0v) is 15.5. The lowest BCUT2D eigenvalue weighted by Crippen LogP contribution is -2.21. The quantitative estimate of drug-likeness (QED) is 0.499. The molecule has 0 radical (unpaired) electrons. The number of anilines is 2. The smallest absolute Gasteiger partial charge is 0.196 e. The third-order valence-corrected chi connectivity index (χ3v) is 5.33. The Labute approximate surface area is 164 Å². The van der Waals surface area contributed by atoms with Crippen LogP contribution in [0.15, 0.2) is 54.6 Å². The van der Waals surface area contributed by atoms with Crippen LogP contribution in [-0.2, 0) is 0 Å². The van der Waals surface area contributed by atoms with E-state index in [-0.39, 0.29) is 11.6 Å². The number of benzene rings is 3. The maximum absolute atomic E-state index is 13.1. The van der Waals surface area contributed by atoms with E-state index in [1.165, 1.54) is 0 Å². The highest BCUT2D eigenvalue weighted by Crippen LogP contribution is 2.37. The Morgan fingerprint density at radius 2 is 1.50 bits per heavy atom. The van der Waals surface area contributed by atoms with Gasteiger partial charge in [0, 0.05) is 16.7 Å². The van der Waals surface area contributed by atoms with Crippen LogP contribution < -0.4 is 10.1 Å². The van der Waals surface area contributed by atoms with Crippen molar-refractivity contribution in [3.05, 3.63) is 76.9 Å². The van der Waals surface area contributed by atoms with Crippen molar-refractivity contribution in [2.45, 2.75) is 0 Å². The average Bonchev–Trinajstić information content (AvgIpc) is 3.22. The Balaban J connectivity index is 1.73. The lowest BCUT2D eigenvalue weighted by molar-refractivity contribution is 0.0980. The lowest BCUT2D eigenvalue weighted by Gasteiger charge is -2.19. The van der Waals surface area contributed by atoms with E-state index in [4.69, 9.17) is 4.74 Å². The van der Waals surface area contributed by atoms with Gasteiger partial charge in [0.25, 0.3) is 0 Å². The molecule has 0 fully saturated rings. The van der Waals surface area contributed by atoms with Crippen LogP contribution in [0, 0.1) is 0 Å². The highest BCUT2D eigenvalue weighted by atomic mass is 32.1. The fraction of sp³-hybridized carbons (Fsp3) is 0.0476. The summed E-state index contributed by atoms with van der Waals surface area (Å²) in [6.07, 6.45) is 0. The minimum Gasteiger partial charge on any atom is -0.495 e. The number of carbonyl (C=O) groups is 2. The number of hydrogen-bond donors (Lipinski definition) is 1. The largest absolute Gasteiger partial charge is 0.495 e. The van der Waals surface area contributed by atoms with Crippen LogP contribution in [-0.4, -0.2) is 27.4 Å². The minimum absolute atomic E-state index is 0.192. The summed E-state index contributed by atoms with van der Waals surface area (Å²) in [5.41, 5.74) is 3.79. The van der Waals surface area contributed by atoms with Crippen molar-refractivity contribution in [1.82, 2.24) is 8.75 Å². The van der Waals surface area contributed by atoms with E-state index < -0.39 is 0 Å². The van der Waals surface area contributed by atoms with Crippen molar-refractivity contribution in [1.29, 1.82) is 0 Å². The molecule has 0 saturated heterocycles. The second kappa shape index (κ2) is 6.24. The van der Waals surface area contributed by atoms with Gasteiger partial charge in [-0.1, -0.05) is 36.4 Å². The van der Waals surface area contributed by atoms with Crippen LogP contribution in [0.4, 0.5) is 11.4 Å². The highest BCUT2D eigenvalue weighted by Gasteiger charge is 2.33. The first kappa shape index (κ1) is 16.6. The van der Waals surface area contributed by atoms with E-state index in [0.29, 0.717) is 44.7 Å². The molecule has 0 spiro atoms. The van der Waals surface area contributed by atoms with Crippen LogP contribution in [0.3, 0.4) is 0 Å². The number of para-hydroxylation sites is 2. The molecule has 28 heavy (non-hydrogen) atoms. The van der Waals surface area contributed by atoms with Gasteiger partial charge in [-0.15, -0.1) is 0 Å². The number of aromatic nitrogens is 2. The predicted molar refractivity (Wildman–Crippen MR) is 107 cm³/mol. The molecule has 1 heterocycles. The molecule has 1 N–H and O–H groups in total. The predicted octanol–water partition coefficient (Wildman–Crippen LogP) is 4.22. The second-order valence-electron chi connectivity index (χ2n) is 6.34. The molecule has 6 nitrogen and oxygen atoms in total. The van der Waals surface area contributed by atoms with Gasteiger partial charge >= 0.3 is 0 Å². The number of methoxy groups -OCH3 is 1. The van der Waals surface area contributed by atoms with Crippen molar-refractivity contribution in [3.63, 3.8) is 0 Å². The molecule has 1 aliphatic rings. The number of ether oxygens (including phenoxy) is 1. The average molecular weight is 387 g/mol. The number of rotatable bonds is 3. The fourth-order valence-electron chi connectivity index (χ4n) is 3.50. The third kappa shape index (κ3) is 2.33. The molecule has 0 amide bonds. The van der Waals surface area contributed by atoms with E-state index in [0.717, 1.165) is 17.4 Å². The monoisotopic (exact) mass is 387 g/mol. The minimum atomic E-state index is -0.202. The molecule has 5 rings (SSSR count). The molecule has 3 aromatic carbocycles. The Kier molecular flexibility index (Phi) is 3.70. The van der Waals surface area contributed by atoms with Crippen LogP contribution in [0.2, 0.25) is 0 Å². The summed E-state index contributed by atoms with van der Waals surface area (Å²) in [7, 11) is 1.59. The zero-order valence-electron chi connectivity index (χ0n) is 14.7. The third-order valence-electron chi connectivity index (χ3n) is 4.80. The van der Waals surface area contributed by atoms with Gasteiger partial charge in [-0.2, -0.15) is 8.75 Å². The molecule has 136 valence electrons. The van der Waals surface area contributed by atoms with E-state index in [1.54, 1.807) is 37.4 Å². The van der Waals surface area contributed by atoms with Crippen LogP contribution in [0.25, 0.3) is 11.0 Å². The zero-order chi connectivity index (χ0) is 19.3. The number of carbonyl (C=O) groups excluding carboxylic acids is 2. The van der Waals surface area contributed by atoms with Crippen LogP contribution in [0.1, 0.15) is 31.8 Å². The van der Waals surface area contributed by atoms with Gasteiger partial charge in [-0.25, -0.2) is 0 Å². The van der Waals surface area contributed by atoms with Crippen LogP contribution >= 0.6 is 11.7 Å². The molecule has 1 aliphatic carbocycles. The number of ketones is 2. The maximum Gasteiger partial charge on any atom is 0.196 e.